The van der Waals surface area contributed by atoms with Crippen molar-refractivity contribution in [2.75, 3.05) is 38.1 Å². The number of hydrogen-bond donors (Lipinski definition) is 3. The molecule has 0 radical (unpaired) electrons. The van der Waals surface area contributed by atoms with Crippen LogP contribution in [0, 0.1) is 5.41 Å². The molecule has 1 aliphatic rings. The third kappa shape index (κ3) is 7.22. The van der Waals surface area contributed by atoms with Gasteiger partial charge >= 0.3 is 6.09 Å². The number of anilines is 1. The largest absolute Gasteiger partial charge is 0.481 e. The summed E-state index contributed by atoms with van der Waals surface area (Å²) < 4.78 is 12.9. The van der Waals surface area contributed by atoms with Crippen LogP contribution in [-0.4, -0.2) is 60.4 Å². The molecular formula is C31H33N5O4S. The fourth-order valence-corrected chi connectivity index (χ4v) is 5.71. The van der Waals surface area contributed by atoms with Gasteiger partial charge in [0.25, 0.3) is 0 Å². The fourth-order valence-electron chi connectivity index (χ4n) is 4.77. The summed E-state index contributed by atoms with van der Waals surface area (Å²) >= 11 is 1.43. The van der Waals surface area contributed by atoms with Gasteiger partial charge in [0.05, 0.1) is 4.88 Å². The first-order valence-corrected chi connectivity index (χ1v) is 14.3. The van der Waals surface area contributed by atoms with E-state index >= 15 is 0 Å². The van der Waals surface area contributed by atoms with Gasteiger partial charge in [-0.25, -0.2) is 4.79 Å². The number of piperazine rings is 1. The number of amides is 2. The zero-order chi connectivity index (χ0) is 28.8. The molecule has 10 heteroatoms. The second-order valence-electron chi connectivity index (χ2n) is 9.91. The maximum absolute atomic E-state index is 12.7. The molecule has 2 amide bonds. The van der Waals surface area contributed by atoms with Gasteiger partial charge in [0.15, 0.2) is 6.10 Å². The summed E-state index contributed by atoms with van der Waals surface area (Å²) in [6, 6.07) is 24.9. The number of thiophene rings is 1. The first kappa shape index (κ1) is 28.1. The van der Waals surface area contributed by atoms with Gasteiger partial charge in [0.2, 0.25) is 5.91 Å². The molecule has 4 aromatic rings. The Morgan fingerprint density at radius 2 is 1.73 bits per heavy atom. The summed E-state index contributed by atoms with van der Waals surface area (Å²) in [5.41, 5.74) is 8.34. The molecule has 1 fully saturated rings. The number of nitrogens with two attached hydrogens (primary N) is 1. The van der Waals surface area contributed by atoms with Crippen LogP contribution in [0.3, 0.4) is 0 Å². The van der Waals surface area contributed by atoms with Gasteiger partial charge in [-0.2, -0.15) is 0 Å². The van der Waals surface area contributed by atoms with E-state index in [0.717, 1.165) is 53.9 Å². The van der Waals surface area contributed by atoms with Crippen molar-refractivity contribution in [2.24, 2.45) is 5.73 Å². The van der Waals surface area contributed by atoms with Gasteiger partial charge in [0, 0.05) is 55.4 Å². The Morgan fingerprint density at radius 3 is 2.41 bits per heavy atom. The molecule has 1 atom stereocenters. The Labute approximate surface area is 243 Å². The molecule has 0 aliphatic carbocycles. The third-order valence-corrected chi connectivity index (χ3v) is 8.15. The number of rotatable bonds is 9. The molecule has 9 nitrogen and oxygen atoms in total. The van der Waals surface area contributed by atoms with E-state index < -0.39 is 12.2 Å². The molecule has 4 N–H and O–H groups in total. The fraction of sp³-hybridized carbons (Fsp3) is 0.258. The summed E-state index contributed by atoms with van der Waals surface area (Å²) in [5.74, 6) is 0.761. The van der Waals surface area contributed by atoms with Gasteiger partial charge in [-0.3, -0.25) is 20.4 Å². The number of nitrogens with one attached hydrogen (secondary N) is 2. The van der Waals surface area contributed by atoms with Crippen molar-refractivity contribution < 1.29 is 19.1 Å². The average molecular weight is 572 g/mol. The first-order valence-electron chi connectivity index (χ1n) is 13.4. The lowest BCUT2D eigenvalue weighted by molar-refractivity contribution is -0.130. The number of carbonyl (C=O) groups excluding carboxylic acids is 2. The molecule has 3 aromatic carbocycles. The van der Waals surface area contributed by atoms with E-state index in [1.807, 2.05) is 83.8 Å². The summed E-state index contributed by atoms with van der Waals surface area (Å²) in [6.07, 6.45) is -1.12. The highest BCUT2D eigenvalue weighted by Crippen LogP contribution is 2.35. The Bertz CT molecular complexity index is 1510. The van der Waals surface area contributed by atoms with Crippen LogP contribution in [0.5, 0.6) is 5.75 Å². The van der Waals surface area contributed by atoms with Crippen molar-refractivity contribution in [3.63, 3.8) is 0 Å². The highest BCUT2D eigenvalue weighted by atomic mass is 32.1. The van der Waals surface area contributed by atoms with E-state index in [4.69, 9.17) is 20.6 Å². The number of amidine groups is 1. The highest BCUT2D eigenvalue weighted by molar-refractivity contribution is 7.20. The number of benzene rings is 3. The van der Waals surface area contributed by atoms with Crippen LogP contribution in [0.4, 0.5) is 10.5 Å². The van der Waals surface area contributed by atoms with Crippen LogP contribution >= 0.6 is 11.3 Å². The Hall–Kier alpha value is -4.41. The summed E-state index contributed by atoms with van der Waals surface area (Å²) in [5, 5.41) is 11.4. The first-order chi connectivity index (χ1) is 19.9. The van der Waals surface area contributed by atoms with Crippen molar-refractivity contribution in [1.29, 1.82) is 5.41 Å². The van der Waals surface area contributed by atoms with E-state index in [1.165, 1.54) is 11.3 Å². The molecular weight excluding hydrogens is 538 g/mol. The standard InChI is InChI=1S/C31H33N5O4S/c1-21(37)36-16-14-35(15-17-36)19-22-10-12-24(13-11-22)34-31(38)39-20-27(23-6-3-2-4-7-23)40-26-8-5-9-28-25(26)18-29(41-28)30(32)33/h2-13,18,27H,14-17,19-20H2,1H3,(H3,32,33)(H,34,38). The second-order valence-corrected chi connectivity index (χ2v) is 11.0. The lowest BCUT2D eigenvalue weighted by Gasteiger charge is -2.34. The number of fused-ring (bicyclic) bond motifs is 1. The zero-order valence-electron chi connectivity index (χ0n) is 22.8. The van der Waals surface area contributed by atoms with Gasteiger partial charge in [0.1, 0.15) is 18.2 Å². The third-order valence-electron chi connectivity index (χ3n) is 7.02. The summed E-state index contributed by atoms with van der Waals surface area (Å²) in [7, 11) is 0. The van der Waals surface area contributed by atoms with Crippen molar-refractivity contribution in [2.45, 2.75) is 19.6 Å². The SMILES string of the molecule is CC(=O)N1CCN(Cc2ccc(NC(=O)OCC(Oc3cccc4sc(C(=N)N)cc34)c3ccccc3)cc2)CC1. The minimum Gasteiger partial charge on any atom is -0.481 e. The molecule has 0 bridgehead atoms. The van der Waals surface area contributed by atoms with Crippen LogP contribution in [0.2, 0.25) is 0 Å². The molecule has 1 saturated heterocycles. The number of nitrogens with zero attached hydrogens (tertiary/aromatic N) is 2. The van der Waals surface area contributed by atoms with Crippen molar-refractivity contribution >= 4 is 44.9 Å². The minimum absolute atomic E-state index is 0.000259. The van der Waals surface area contributed by atoms with Gasteiger partial charge in [-0.05, 0) is 41.5 Å². The minimum atomic E-state index is -0.574. The smallest absolute Gasteiger partial charge is 0.411 e. The predicted molar refractivity (Wildman–Crippen MR) is 162 cm³/mol. The van der Waals surface area contributed by atoms with E-state index in [9.17, 15) is 9.59 Å². The number of hydrogen-bond acceptors (Lipinski definition) is 7. The predicted octanol–water partition coefficient (Wildman–Crippen LogP) is 5.22. The number of carbonyl (C=O) groups is 2. The molecule has 2 heterocycles. The topological polar surface area (TPSA) is 121 Å². The van der Waals surface area contributed by atoms with Crippen molar-refractivity contribution in [3.8, 4) is 5.75 Å². The van der Waals surface area contributed by atoms with Gasteiger partial charge in [-0.1, -0.05) is 48.5 Å². The maximum atomic E-state index is 12.7. The summed E-state index contributed by atoms with van der Waals surface area (Å²) in [6.45, 7) is 5.58. The molecule has 0 spiro atoms. The molecule has 5 rings (SSSR count). The van der Waals surface area contributed by atoms with E-state index in [0.29, 0.717) is 16.3 Å². The Kier molecular flexibility index (Phi) is 8.81. The van der Waals surface area contributed by atoms with Crippen LogP contribution in [0.15, 0.2) is 78.9 Å². The monoisotopic (exact) mass is 571 g/mol. The zero-order valence-corrected chi connectivity index (χ0v) is 23.7. The van der Waals surface area contributed by atoms with Gasteiger partial charge < -0.3 is 20.1 Å². The van der Waals surface area contributed by atoms with Crippen molar-refractivity contribution in [3.05, 3.63) is 94.9 Å². The van der Waals surface area contributed by atoms with Gasteiger partial charge in [-0.15, -0.1) is 11.3 Å². The molecule has 1 aliphatic heterocycles. The second kappa shape index (κ2) is 12.8. The summed E-state index contributed by atoms with van der Waals surface area (Å²) in [4.78, 5) is 29.1. The van der Waals surface area contributed by atoms with Crippen LogP contribution in [0.25, 0.3) is 10.1 Å². The molecule has 0 saturated carbocycles. The van der Waals surface area contributed by atoms with Crippen molar-refractivity contribution in [1.82, 2.24) is 9.80 Å². The molecule has 1 aromatic heterocycles. The average Bonchev–Trinajstić information content (AvgIpc) is 3.43. The van der Waals surface area contributed by atoms with E-state index in [2.05, 4.69) is 10.2 Å². The van der Waals surface area contributed by atoms with Crippen LogP contribution < -0.4 is 15.8 Å². The molecule has 212 valence electrons. The lowest BCUT2D eigenvalue weighted by atomic mass is 10.1. The quantitative estimate of drug-likeness (QED) is 0.187. The lowest BCUT2D eigenvalue weighted by Crippen LogP contribution is -2.47. The highest BCUT2D eigenvalue weighted by Gasteiger charge is 2.20. The Balaban J connectivity index is 1.19. The van der Waals surface area contributed by atoms with Crippen LogP contribution in [-0.2, 0) is 16.1 Å². The normalized spacial score (nSPS) is 14.4. The number of nitrogen functional groups attached to an aromatic ring is 1. The number of ether oxygens (including phenoxy) is 2. The molecule has 41 heavy (non-hydrogen) atoms. The molecule has 1 unspecified atom stereocenters. The van der Waals surface area contributed by atoms with E-state index in [-0.39, 0.29) is 18.3 Å². The van der Waals surface area contributed by atoms with Crippen LogP contribution in [0.1, 0.15) is 29.0 Å². The maximum Gasteiger partial charge on any atom is 0.411 e. The Morgan fingerprint density at radius 1 is 1.00 bits per heavy atom. The van der Waals surface area contributed by atoms with E-state index in [1.54, 1.807) is 6.92 Å².